The summed E-state index contributed by atoms with van der Waals surface area (Å²) in [6.07, 6.45) is 5.21. The first-order valence-corrected chi connectivity index (χ1v) is 7.24. The molecule has 6 nitrogen and oxygen atoms in total. The van der Waals surface area contributed by atoms with Crippen LogP contribution < -0.4 is 5.32 Å². The molecule has 0 spiro atoms. The minimum atomic E-state index is -1.03. The molecule has 3 amide bonds. The maximum atomic E-state index is 12.8. The highest BCUT2D eigenvalue weighted by molar-refractivity contribution is 6.08. The standard InChI is InChI=1S/C15H19N3O3/c1-15(2)14(21)16-12(19)9-18(15)13(20)11-7-4-8-17(11)10-5-3-6-10/h4,7-8,10H,3,5-6,9H2,1-2H3,(H,16,19,21). The zero-order valence-electron chi connectivity index (χ0n) is 12.3. The van der Waals surface area contributed by atoms with Gasteiger partial charge in [-0.25, -0.2) is 0 Å². The number of hydrogen-bond donors (Lipinski definition) is 1. The summed E-state index contributed by atoms with van der Waals surface area (Å²) in [7, 11) is 0. The van der Waals surface area contributed by atoms with E-state index in [0.29, 0.717) is 11.7 Å². The number of carbonyl (C=O) groups excluding carboxylic acids is 3. The Hall–Kier alpha value is -2.11. The van der Waals surface area contributed by atoms with Gasteiger partial charge in [-0.1, -0.05) is 0 Å². The molecule has 1 N–H and O–H groups in total. The second-order valence-electron chi connectivity index (χ2n) is 6.21. The van der Waals surface area contributed by atoms with E-state index < -0.39 is 17.4 Å². The SMILES string of the molecule is CC1(C)C(=O)NC(=O)CN1C(=O)c1cccn1C1CCC1. The lowest BCUT2D eigenvalue weighted by atomic mass is 9.92. The Morgan fingerprint density at radius 3 is 2.67 bits per heavy atom. The summed E-state index contributed by atoms with van der Waals surface area (Å²) in [6.45, 7) is 3.22. The van der Waals surface area contributed by atoms with Crippen LogP contribution in [0.5, 0.6) is 0 Å². The molecule has 1 aromatic rings. The molecular weight excluding hydrogens is 270 g/mol. The van der Waals surface area contributed by atoms with Gasteiger partial charge in [-0.05, 0) is 45.2 Å². The lowest BCUT2D eigenvalue weighted by Crippen LogP contribution is -2.65. The minimum Gasteiger partial charge on any atom is -0.340 e. The third-order valence-corrected chi connectivity index (χ3v) is 4.50. The van der Waals surface area contributed by atoms with Crippen molar-refractivity contribution in [1.29, 1.82) is 0 Å². The lowest BCUT2D eigenvalue weighted by molar-refractivity contribution is -0.143. The van der Waals surface area contributed by atoms with E-state index in [1.54, 1.807) is 19.9 Å². The molecule has 1 saturated heterocycles. The summed E-state index contributed by atoms with van der Waals surface area (Å²) in [5.74, 6) is -1.14. The average Bonchev–Trinajstić information content (AvgIpc) is 2.80. The first-order chi connectivity index (χ1) is 9.91. The largest absolute Gasteiger partial charge is 0.340 e. The van der Waals surface area contributed by atoms with Crippen molar-refractivity contribution in [2.75, 3.05) is 6.54 Å². The number of hydrogen-bond acceptors (Lipinski definition) is 3. The Morgan fingerprint density at radius 2 is 2.05 bits per heavy atom. The molecule has 1 saturated carbocycles. The van der Waals surface area contributed by atoms with Gasteiger partial charge >= 0.3 is 0 Å². The van der Waals surface area contributed by atoms with Crippen LogP contribution in [0.25, 0.3) is 0 Å². The number of nitrogens with zero attached hydrogens (tertiary/aromatic N) is 2. The average molecular weight is 289 g/mol. The molecule has 1 aromatic heterocycles. The molecule has 1 aliphatic heterocycles. The predicted octanol–water partition coefficient (Wildman–Crippen LogP) is 1.09. The van der Waals surface area contributed by atoms with Crippen LogP contribution in [0.2, 0.25) is 0 Å². The lowest BCUT2D eigenvalue weighted by Gasteiger charge is -2.40. The number of nitrogens with one attached hydrogen (secondary N) is 1. The summed E-state index contributed by atoms with van der Waals surface area (Å²) in [5, 5.41) is 2.28. The van der Waals surface area contributed by atoms with Crippen molar-refractivity contribution in [3.8, 4) is 0 Å². The quantitative estimate of drug-likeness (QED) is 0.828. The second-order valence-corrected chi connectivity index (χ2v) is 6.21. The molecule has 0 atom stereocenters. The van der Waals surface area contributed by atoms with E-state index in [2.05, 4.69) is 5.32 Å². The van der Waals surface area contributed by atoms with Crippen LogP contribution in [-0.2, 0) is 9.59 Å². The Balaban J connectivity index is 1.92. The second kappa shape index (κ2) is 4.72. The monoisotopic (exact) mass is 289 g/mol. The van der Waals surface area contributed by atoms with Gasteiger partial charge in [0.25, 0.3) is 11.8 Å². The van der Waals surface area contributed by atoms with E-state index in [0.717, 1.165) is 12.8 Å². The number of piperazine rings is 1. The smallest absolute Gasteiger partial charge is 0.271 e. The number of rotatable bonds is 2. The number of carbonyl (C=O) groups is 3. The van der Waals surface area contributed by atoms with Gasteiger partial charge in [0.05, 0.1) is 0 Å². The van der Waals surface area contributed by atoms with E-state index in [1.165, 1.54) is 11.3 Å². The topological polar surface area (TPSA) is 71.4 Å². The molecule has 2 aliphatic rings. The molecule has 112 valence electrons. The van der Waals surface area contributed by atoms with E-state index in [4.69, 9.17) is 0 Å². The number of aromatic nitrogens is 1. The number of imide groups is 1. The third-order valence-electron chi connectivity index (χ3n) is 4.50. The molecule has 0 bridgehead atoms. The maximum Gasteiger partial charge on any atom is 0.271 e. The van der Waals surface area contributed by atoms with Crippen molar-refractivity contribution in [1.82, 2.24) is 14.8 Å². The third kappa shape index (κ3) is 2.14. The fraction of sp³-hybridized carbons (Fsp3) is 0.533. The van der Waals surface area contributed by atoms with Crippen LogP contribution in [0.3, 0.4) is 0 Å². The Morgan fingerprint density at radius 1 is 1.33 bits per heavy atom. The van der Waals surface area contributed by atoms with Crippen LogP contribution >= 0.6 is 0 Å². The Bertz CT molecular complexity index is 613. The van der Waals surface area contributed by atoms with Crippen molar-refractivity contribution >= 4 is 17.7 Å². The fourth-order valence-corrected chi connectivity index (χ4v) is 2.81. The van der Waals surface area contributed by atoms with Crippen LogP contribution in [0, 0.1) is 0 Å². The molecule has 1 aliphatic carbocycles. The molecule has 21 heavy (non-hydrogen) atoms. The zero-order chi connectivity index (χ0) is 15.2. The van der Waals surface area contributed by atoms with Crippen LogP contribution in [0.1, 0.15) is 49.6 Å². The first kappa shape index (κ1) is 13.9. The van der Waals surface area contributed by atoms with Crippen molar-refractivity contribution < 1.29 is 14.4 Å². The normalized spacial score (nSPS) is 21.9. The predicted molar refractivity (Wildman–Crippen MR) is 75.6 cm³/mol. The molecule has 2 fully saturated rings. The van der Waals surface area contributed by atoms with Gasteiger partial charge in [-0.15, -0.1) is 0 Å². The van der Waals surface area contributed by atoms with Crippen molar-refractivity contribution in [2.45, 2.75) is 44.7 Å². The molecule has 6 heteroatoms. The highest BCUT2D eigenvalue weighted by Crippen LogP contribution is 2.33. The van der Waals surface area contributed by atoms with Crippen molar-refractivity contribution in [3.05, 3.63) is 24.0 Å². The number of amides is 3. The summed E-state index contributed by atoms with van der Waals surface area (Å²) >= 11 is 0. The van der Waals surface area contributed by atoms with E-state index in [9.17, 15) is 14.4 Å². The Labute approximate surface area is 123 Å². The molecule has 0 radical (unpaired) electrons. The van der Waals surface area contributed by atoms with Crippen molar-refractivity contribution in [3.63, 3.8) is 0 Å². The summed E-state index contributed by atoms with van der Waals surface area (Å²) in [4.78, 5) is 37.7. The van der Waals surface area contributed by atoms with Crippen molar-refractivity contribution in [2.24, 2.45) is 0 Å². The van der Waals surface area contributed by atoms with Gasteiger partial charge in [0.2, 0.25) is 5.91 Å². The van der Waals surface area contributed by atoms with Gasteiger partial charge in [-0.2, -0.15) is 0 Å². The summed E-state index contributed by atoms with van der Waals surface area (Å²) in [5.41, 5.74) is -0.477. The van der Waals surface area contributed by atoms with E-state index in [1.807, 2.05) is 16.8 Å². The van der Waals surface area contributed by atoms with E-state index in [-0.39, 0.29) is 12.5 Å². The summed E-state index contributed by atoms with van der Waals surface area (Å²) < 4.78 is 1.97. The molecule has 0 aromatic carbocycles. The van der Waals surface area contributed by atoms with Gasteiger partial charge in [0.15, 0.2) is 0 Å². The van der Waals surface area contributed by atoms with Gasteiger partial charge in [-0.3, -0.25) is 19.7 Å². The highest BCUT2D eigenvalue weighted by atomic mass is 16.2. The van der Waals surface area contributed by atoms with E-state index >= 15 is 0 Å². The Kier molecular flexibility index (Phi) is 3.11. The van der Waals surface area contributed by atoms with Gasteiger partial charge < -0.3 is 9.47 Å². The minimum absolute atomic E-state index is 0.0899. The molecular formula is C15H19N3O3. The molecule has 0 unspecified atom stereocenters. The fourth-order valence-electron chi connectivity index (χ4n) is 2.81. The van der Waals surface area contributed by atoms with Gasteiger partial charge in [0, 0.05) is 12.2 Å². The van der Waals surface area contributed by atoms with Crippen LogP contribution in [0.15, 0.2) is 18.3 Å². The van der Waals surface area contributed by atoms with Crippen LogP contribution in [-0.4, -0.2) is 39.3 Å². The van der Waals surface area contributed by atoms with Gasteiger partial charge in [0.1, 0.15) is 17.8 Å². The molecule has 3 rings (SSSR count). The van der Waals surface area contributed by atoms with Crippen LogP contribution in [0.4, 0.5) is 0 Å². The maximum absolute atomic E-state index is 12.8. The summed E-state index contributed by atoms with van der Waals surface area (Å²) in [6, 6.07) is 3.95. The highest BCUT2D eigenvalue weighted by Gasteiger charge is 2.44. The first-order valence-electron chi connectivity index (χ1n) is 7.24. The zero-order valence-corrected chi connectivity index (χ0v) is 12.3. The molecule has 2 heterocycles.